The number of nitrogens with zero attached hydrogens (tertiary/aromatic N) is 2. The zero-order valence-corrected chi connectivity index (χ0v) is 21.7. The number of nitrogens with one attached hydrogen (secondary N) is 4. The fourth-order valence-electron chi connectivity index (χ4n) is 3.90. The van der Waals surface area contributed by atoms with Crippen LogP contribution in [0.5, 0.6) is 0 Å². The third-order valence-electron chi connectivity index (χ3n) is 5.92. The van der Waals surface area contributed by atoms with Crippen LogP contribution in [0.1, 0.15) is 17.5 Å². The molecule has 4 amide bonds. The average Bonchev–Trinajstić information content (AvgIpc) is 3.35. The van der Waals surface area contributed by atoms with E-state index >= 15 is 0 Å². The molecule has 1 heterocycles. The minimum Gasteiger partial charge on any atom is -0.358 e. The quantitative estimate of drug-likeness (QED) is 0.335. The number of halogens is 1. The summed E-state index contributed by atoms with van der Waals surface area (Å²) in [7, 11) is 1.98. The first-order valence-corrected chi connectivity index (χ1v) is 12.6. The van der Waals surface area contributed by atoms with E-state index in [4.69, 9.17) is 11.6 Å². The van der Waals surface area contributed by atoms with Crippen LogP contribution in [0.3, 0.4) is 0 Å². The fourth-order valence-corrected chi connectivity index (χ4v) is 4.02. The van der Waals surface area contributed by atoms with E-state index in [2.05, 4.69) is 31.2 Å². The summed E-state index contributed by atoms with van der Waals surface area (Å²) in [4.78, 5) is 45.1. The van der Waals surface area contributed by atoms with Crippen molar-refractivity contribution in [1.29, 1.82) is 0 Å². The molecule has 1 aliphatic heterocycles. The van der Waals surface area contributed by atoms with Gasteiger partial charge in [-0.25, -0.2) is 4.79 Å². The molecule has 1 unspecified atom stereocenters. The number of carbonyl (C=O) groups excluding carboxylic acids is 3. The predicted molar refractivity (Wildman–Crippen MR) is 149 cm³/mol. The molecule has 38 heavy (non-hydrogen) atoms. The summed E-state index contributed by atoms with van der Waals surface area (Å²) < 4.78 is 0. The lowest BCUT2D eigenvalue weighted by molar-refractivity contribution is -0.125. The molecule has 1 atom stereocenters. The van der Waals surface area contributed by atoms with E-state index < -0.39 is 18.0 Å². The van der Waals surface area contributed by atoms with Gasteiger partial charge in [-0.1, -0.05) is 41.9 Å². The Labute approximate surface area is 226 Å². The van der Waals surface area contributed by atoms with Gasteiger partial charge in [0, 0.05) is 42.1 Å². The van der Waals surface area contributed by atoms with Gasteiger partial charge in [-0.15, -0.1) is 0 Å². The summed E-state index contributed by atoms with van der Waals surface area (Å²) >= 11 is 5.90. The SMILES string of the molecule is CN1CCN=C1c1ccc(NC(=O)C(CC(=O)NCc2ccccc2)NC(=O)Nc2ccc(Cl)cc2)cc1. The number of amidine groups is 1. The van der Waals surface area contributed by atoms with Crippen LogP contribution in [0, 0.1) is 0 Å². The van der Waals surface area contributed by atoms with Crippen LogP contribution in [0.15, 0.2) is 83.9 Å². The van der Waals surface area contributed by atoms with Gasteiger partial charge in [0.25, 0.3) is 0 Å². The first-order valence-electron chi connectivity index (χ1n) is 12.2. The second-order valence-corrected chi connectivity index (χ2v) is 9.25. The van der Waals surface area contributed by atoms with Crippen molar-refractivity contribution < 1.29 is 14.4 Å². The normalized spacial score (nSPS) is 13.3. The molecule has 10 heteroatoms. The van der Waals surface area contributed by atoms with Crippen molar-refractivity contribution in [3.63, 3.8) is 0 Å². The minimum absolute atomic E-state index is 0.244. The van der Waals surface area contributed by atoms with E-state index in [1.54, 1.807) is 36.4 Å². The van der Waals surface area contributed by atoms with Gasteiger partial charge in [-0.05, 0) is 54.1 Å². The molecule has 0 radical (unpaired) electrons. The number of urea groups is 1. The summed E-state index contributed by atoms with van der Waals surface area (Å²) in [6.07, 6.45) is -0.244. The third kappa shape index (κ3) is 7.57. The van der Waals surface area contributed by atoms with Crippen LogP contribution in [0.2, 0.25) is 5.02 Å². The van der Waals surface area contributed by atoms with Crippen molar-refractivity contribution >= 4 is 46.7 Å². The van der Waals surface area contributed by atoms with E-state index in [1.165, 1.54) is 0 Å². The number of hydrogen-bond donors (Lipinski definition) is 4. The van der Waals surface area contributed by atoms with E-state index in [0.29, 0.717) is 22.9 Å². The molecule has 0 spiro atoms. The number of hydrogen-bond acceptors (Lipinski definition) is 5. The Morgan fingerprint density at radius 1 is 0.921 bits per heavy atom. The molecule has 0 bridgehead atoms. The lowest BCUT2D eigenvalue weighted by Crippen LogP contribution is -2.48. The molecule has 0 saturated carbocycles. The molecule has 0 aliphatic carbocycles. The highest BCUT2D eigenvalue weighted by atomic mass is 35.5. The maximum Gasteiger partial charge on any atom is 0.319 e. The first kappa shape index (κ1) is 26.7. The summed E-state index contributed by atoms with van der Waals surface area (Å²) in [6, 6.07) is 21.5. The Morgan fingerprint density at radius 3 is 2.24 bits per heavy atom. The number of likely N-dealkylation sites (N-methyl/N-ethyl adjacent to an activating group) is 1. The number of aliphatic imine (C=N–C) groups is 1. The number of rotatable bonds is 9. The average molecular weight is 533 g/mol. The van der Waals surface area contributed by atoms with Crippen molar-refractivity contribution in [2.45, 2.75) is 19.0 Å². The Bertz CT molecular complexity index is 1300. The second kappa shape index (κ2) is 12.7. The third-order valence-corrected chi connectivity index (χ3v) is 6.17. The predicted octanol–water partition coefficient (Wildman–Crippen LogP) is 3.87. The Balaban J connectivity index is 1.41. The topological polar surface area (TPSA) is 115 Å². The molecule has 0 aromatic heterocycles. The molecule has 196 valence electrons. The van der Waals surface area contributed by atoms with Crippen molar-refractivity contribution in [1.82, 2.24) is 15.5 Å². The van der Waals surface area contributed by atoms with Gasteiger partial charge in [-0.3, -0.25) is 14.6 Å². The summed E-state index contributed by atoms with van der Waals surface area (Å²) in [5.41, 5.74) is 2.90. The molecule has 3 aromatic carbocycles. The van der Waals surface area contributed by atoms with E-state index in [1.807, 2.05) is 49.5 Å². The monoisotopic (exact) mass is 532 g/mol. The molecule has 0 saturated heterocycles. The Kier molecular flexibility index (Phi) is 8.94. The molecule has 1 aliphatic rings. The van der Waals surface area contributed by atoms with Crippen LogP contribution < -0.4 is 21.3 Å². The highest BCUT2D eigenvalue weighted by molar-refractivity contribution is 6.30. The minimum atomic E-state index is -1.12. The van der Waals surface area contributed by atoms with Crippen LogP contribution in [-0.4, -0.2) is 54.8 Å². The number of anilines is 2. The highest BCUT2D eigenvalue weighted by Crippen LogP contribution is 2.16. The van der Waals surface area contributed by atoms with Crippen molar-refractivity contribution in [2.75, 3.05) is 30.8 Å². The van der Waals surface area contributed by atoms with Gasteiger partial charge >= 0.3 is 6.03 Å². The largest absolute Gasteiger partial charge is 0.358 e. The smallest absolute Gasteiger partial charge is 0.319 e. The summed E-state index contributed by atoms with van der Waals surface area (Å²) in [6.45, 7) is 1.93. The lowest BCUT2D eigenvalue weighted by atomic mass is 10.1. The van der Waals surface area contributed by atoms with Gasteiger partial charge in [0.2, 0.25) is 11.8 Å². The van der Waals surface area contributed by atoms with Crippen molar-refractivity contribution in [2.24, 2.45) is 4.99 Å². The molecule has 4 N–H and O–H groups in total. The van der Waals surface area contributed by atoms with E-state index in [-0.39, 0.29) is 12.3 Å². The number of benzene rings is 3. The lowest BCUT2D eigenvalue weighted by Gasteiger charge is -2.19. The molecule has 9 nitrogen and oxygen atoms in total. The van der Waals surface area contributed by atoms with E-state index in [0.717, 1.165) is 30.1 Å². The Hall–Kier alpha value is -4.37. The maximum absolute atomic E-state index is 13.2. The van der Waals surface area contributed by atoms with Crippen LogP contribution in [0.25, 0.3) is 0 Å². The van der Waals surface area contributed by atoms with Crippen LogP contribution in [0.4, 0.5) is 16.2 Å². The van der Waals surface area contributed by atoms with Crippen LogP contribution >= 0.6 is 11.6 Å². The number of amides is 4. The fraction of sp³-hybridized carbons (Fsp3) is 0.214. The van der Waals surface area contributed by atoms with Crippen molar-refractivity contribution in [3.8, 4) is 0 Å². The van der Waals surface area contributed by atoms with Gasteiger partial charge < -0.3 is 26.2 Å². The van der Waals surface area contributed by atoms with Crippen LogP contribution in [-0.2, 0) is 16.1 Å². The van der Waals surface area contributed by atoms with E-state index in [9.17, 15) is 14.4 Å². The molecular formula is C28H29ClN6O3. The summed E-state index contributed by atoms with van der Waals surface area (Å²) in [5, 5.41) is 11.4. The van der Waals surface area contributed by atoms with Crippen molar-refractivity contribution in [3.05, 3.63) is 95.0 Å². The standard InChI is InChI=1S/C28H29ClN6O3/c1-35-16-15-30-26(35)20-7-11-22(12-8-20)32-27(37)24(17-25(36)31-18-19-5-3-2-4-6-19)34-28(38)33-23-13-9-21(29)10-14-23/h2-14,24H,15-18H2,1H3,(H,31,36)(H,32,37)(H2,33,34,38). The molecular weight excluding hydrogens is 504 g/mol. The highest BCUT2D eigenvalue weighted by Gasteiger charge is 2.24. The first-order chi connectivity index (χ1) is 18.4. The Morgan fingerprint density at radius 2 is 1.58 bits per heavy atom. The molecule has 4 rings (SSSR count). The number of carbonyl (C=O) groups is 3. The van der Waals surface area contributed by atoms with Gasteiger partial charge in [-0.2, -0.15) is 0 Å². The maximum atomic E-state index is 13.2. The van der Waals surface area contributed by atoms with Gasteiger partial charge in [0.1, 0.15) is 11.9 Å². The molecule has 0 fully saturated rings. The summed E-state index contributed by atoms with van der Waals surface area (Å²) in [5.74, 6) is 0.00370. The zero-order chi connectivity index (χ0) is 26.9. The van der Waals surface area contributed by atoms with Gasteiger partial charge in [0.15, 0.2) is 0 Å². The zero-order valence-electron chi connectivity index (χ0n) is 20.9. The second-order valence-electron chi connectivity index (χ2n) is 8.82. The molecule has 3 aromatic rings. The van der Waals surface area contributed by atoms with Gasteiger partial charge in [0.05, 0.1) is 13.0 Å².